The third-order valence-corrected chi connectivity index (χ3v) is 2.80. The number of carboxylic acids is 1. The SMILES string of the molecule is CC(NC(=O)C(N)Cc1ccc(B(O)O)cc1)C(=O)O. The second-order valence-electron chi connectivity index (χ2n) is 4.49. The van der Waals surface area contributed by atoms with Crippen LogP contribution < -0.4 is 16.5 Å². The number of amides is 1. The smallest absolute Gasteiger partial charge is 0.480 e. The minimum absolute atomic E-state index is 0.222. The van der Waals surface area contributed by atoms with Crippen LogP contribution in [0.4, 0.5) is 0 Å². The van der Waals surface area contributed by atoms with Gasteiger partial charge in [-0.3, -0.25) is 9.59 Å². The van der Waals surface area contributed by atoms with Crippen LogP contribution in [0.2, 0.25) is 0 Å². The van der Waals surface area contributed by atoms with Crippen LogP contribution in [0.5, 0.6) is 0 Å². The molecular formula is C12H17BN2O5. The molecule has 6 N–H and O–H groups in total. The zero-order valence-electron chi connectivity index (χ0n) is 11.0. The maximum atomic E-state index is 11.7. The first-order valence-corrected chi connectivity index (χ1v) is 6.05. The minimum atomic E-state index is -1.54. The van der Waals surface area contributed by atoms with Crippen molar-refractivity contribution in [3.8, 4) is 0 Å². The van der Waals surface area contributed by atoms with Crippen molar-refractivity contribution >= 4 is 24.5 Å². The number of benzene rings is 1. The molecule has 7 nitrogen and oxygen atoms in total. The van der Waals surface area contributed by atoms with E-state index in [0.717, 1.165) is 5.56 Å². The molecule has 0 aliphatic rings. The number of carbonyl (C=O) groups excluding carboxylic acids is 1. The lowest BCUT2D eigenvalue weighted by atomic mass is 9.80. The molecule has 20 heavy (non-hydrogen) atoms. The normalized spacial score (nSPS) is 13.4. The van der Waals surface area contributed by atoms with Crippen LogP contribution in [0, 0.1) is 0 Å². The Kier molecular flexibility index (Phi) is 5.69. The first-order chi connectivity index (χ1) is 9.31. The third kappa shape index (κ3) is 4.65. The summed E-state index contributed by atoms with van der Waals surface area (Å²) in [6, 6.07) is 4.42. The van der Waals surface area contributed by atoms with Crippen molar-refractivity contribution in [1.29, 1.82) is 0 Å². The van der Waals surface area contributed by atoms with Crippen molar-refractivity contribution < 1.29 is 24.7 Å². The molecule has 0 saturated heterocycles. The fourth-order valence-corrected chi connectivity index (χ4v) is 1.55. The second-order valence-corrected chi connectivity index (χ2v) is 4.49. The highest BCUT2D eigenvalue weighted by Crippen LogP contribution is 2.02. The van der Waals surface area contributed by atoms with Gasteiger partial charge < -0.3 is 26.2 Å². The van der Waals surface area contributed by atoms with Gasteiger partial charge in [0.1, 0.15) is 6.04 Å². The standard InChI is InChI=1S/C12H17BN2O5/c1-7(12(17)18)15-11(16)10(14)6-8-2-4-9(5-3-8)13(19)20/h2-5,7,10,19-20H,6,14H2,1H3,(H,15,16)(H,17,18). The van der Waals surface area contributed by atoms with Crippen LogP contribution >= 0.6 is 0 Å². The molecule has 0 aliphatic carbocycles. The van der Waals surface area contributed by atoms with Gasteiger partial charge in [0.15, 0.2) is 0 Å². The molecule has 2 atom stereocenters. The van der Waals surface area contributed by atoms with E-state index in [1.807, 2.05) is 0 Å². The van der Waals surface area contributed by atoms with Crippen LogP contribution in [-0.2, 0) is 16.0 Å². The number of hydrogen-bond donors (Lipinski definition) is 5. The second kappa shape index (κ2) is 7.04. The van der Waals surface area contributed by atoms with Crippen LogP contribution in [-0.4, -0.2) is 46.2 Å². The molecule has 1 aromatic rings. The molecule has 0 heterocycles. The van der Waals surface area contributed by atoms with Crippen molar-refractivity contribution in [2.75, 3.05) is 0 Å². The van der Waals surface area contributed by atoms with Gasteiger partial charge in [0, 0.05) is 0 Å². The Morgan fingerprint density at radius 2 is 1.85 bits per heavy atom. The molecule has 1 amide bonds. The summed E-state index contributed by atoms with van der Waals surface area (Å²) in [5.41, 5.74) is 6.77. The zero-order chi connectivity index (χ0) is 15.3. The molecular weight excluding hydrogens is 263 g/mol. The van der Waals surface area contributed by atoms with Gasteiger partial charge in [0.2, 0.25) is 5.91 Å². The first-order valence-electron chi connectivity index (χ1n) is 6.05. The van der Waals surface area contributed by atoms with Gasteiger partial charge in [0.25, 0.3) is 0 Å². The monoisotopic (exact) mass is 280 g/mol. The van der Waals surface area contributed by atoms with Gasteiger partial charge in [-0.25, -0.2) is 0 Å². The summed E-state index contributed by atoms with van der Waals surface area (Å²) < 4.78 is 0. The summed E-state index contributed by atoms with van der Waals surface area (Å²) in [6.07, 6.45) is 0.222. The van der Waals surface area contributed by atoms with Crippen molar-refractivity contribution in [1.82, 2.24) is 5.32 Å². The van der Waals surface area contributed by atoms with E-state index in [1.54, 1.807) is 12.1 Å². The van der Waals surface area contributed by atoms with Crippen LogP contribution in [0.15, 0.2) is 24.3 Å². The van der Waals surface area contributed by atoms with Crippen LogP contribution in [0.25, 0.3) is 0 Å². The van der Waals surface area contributed by atoms with E-state index in [1.165, 1.54) is 19.1 Å². The third-order valence-electron chi connectivity index (χ3n) is 2.80. The molecule has 1 rings (SSSR count). The van der Waals surface area contributed by atoms with Crippen LogP contribution in [0.3, 0.4) is 0 Å². The van der Waals surface area contributed by atoms with Gasteiger partial charge in [-0.1, -0.05) is 24.3 Å². The Balaban J connectivity index is 2.59. The maximum absolute atomic E-state index is 11.7. The van der Waals surface area contributed by atoms with Gasteiger partial charge in [-0.15, -0.1) is 0 Å². The molecule has 0 aromatic heterocycles. The highest BCUT2D eigenvalue weighted by atomic mass is 16.4. The minimum Gasteiger partial charge on any atom is -0.480 e. The zero-order valence-corrected chi connectivity index (χ0v) is 11.0. The fraction of sp³-hybridized carbons (Fsp3) is 0.333. The summed E-state index contributed by atoms with van der Waals surface area (Å²) in [5.74, 6) is -1.68. The molecule has 0 aliphatic heterocycles. The molecule has 0 bridgehead atoms. The highest BCUT2D eigenvalue weighted by molar-refractivity contribution is 6.58. The largest absolute Gasteiger partial charge is 0.488 e. The molecule has 0 radical (unpaired) electrons. The average Bonchev–Trinajstić information content (AvgIpc) is 2.38. The first kappa shape index (κ1) is 16.2. The molecule has 2 unspecified atom stereocenters. The number of carbonyl (C=O) groups is 2. The summed E-state index contributed by atoms with van der Waals surface area (Å²) in [7, 11) is -1.54. The van der Waals surface area contributed by atoms with Crippen molar-refractivity contribution in [3.63, 3.8) is 0 Å². The van der Waals surface area contributed by atoms with Crippen molar-refractivity contribution in [2.24, 2.45) is 5.73 Å². The maximum Gasteiger partial charge on any atom is 0.488 e. The van der Waals surface area contributed by atoms with Crippen molar-refractivity contribution in [3.05, 3.63) is 29.8 Å². The number of hydrogen-bond acceptors (Lipinski definition) is 5. The van der Waals surface area contributed by atoms with E-state index < -0.39 is 31.1 Å². The van der Waals surface area contributed by atoms with Gasteiger partial charge in [-0.05, 0) is 24.4 Å². The Bertz CT molecular complexity index is 477. The molecule has 0 fully saturated rings. The van der Waals surface area contributed by atoms with E-state index in [0.29, 0.717) is 5.46 Å². The molecule has 1 aromatic carbocycles. The van der Waals surface area contributed by atoms with Gasteiger partial charge in [-0.2, -0.15) is 0 Å². The Labute approximate surface area is 116 Å². The Hall–Kier alpha value is -1.90. The summed E-state index contributed by atoms with van der Waals surface area (Å²) in [4.78, 5) is 22.3. The summed E-state index contributed by atoms with van der Waals surface area (Å²) in [6.45, 7) is 1.35. The lowest BCUT2D eigenvalue weighted by Crippen LogP contribution is -2.48. The molecule has 0 spiro atoms. The lowest BCUT2D eigenvalue weighted by molar-refractivity contribution is -0.141. The number of nitrogens with two attached hydrogens (primary N) is 1. The predicted octanol–water partition coefficient (Wildman–Crippen LogP) is -2.17. The predicted molar refractivity (Wildman–Crippen MR) is 73.2 cm³/mol. The van der Waals surface area contributed by atoms with E-state index in [9.17, 15) is 9.59 Å². The molecule has 0 saturated carbocycles. The Morgan fingerprint density at radius 1 is 1.30 bits per heavy atom. The number of rotatable bonds is 6. The van der Waals surface area contributed by atoms with E-state index in [2.05, 4.69) is 5.32 Å². The number of carboxylic acid groups (broad SMARTS) is 1. The van der Waals surface area contributed by atoms with Crippen molar-refractivity contribution in [2.45, 2.75) is 25.4 Å². The van der Waals surface area contributed by atoms with E-state index >= 15 is 0 Å². The summed E-state index contributed by atoms with van der Waals surface area (Å²) in [5, 5.41) is 28.9. The number of aliphatic carboxylic acids is 1. The summed E-state index contributed by atoms with van der Waals surface area (Å²) >= 11 is 0. The lowest BCUT2D eigenvalue weighted by Gasteiger charge is -2.15. The topological polar surface area (TPSA) is 133 Å². The van der Waals surface area contributed by atoms with Crippen LogP contribution in [0.1, 0.15) is 12.5 Å². The van der Waals surface area contributed by atoms with Gasteiger partial charge >= 0.3 is 13.1 Å². The average molecular weight is 280 g/mol. The fourth-order valence-electron chi connectivity index (χ4n) is 1.55. The highest BCUT2D eigenvalue weighted by Gasteiger charge is 2.19. The Morgan fingerprint density at radius 3 is 2.30 bits per heavy atom. The van der Waals surface area contributed by atoms with E-state index in [4.69, 9.17) is 20.9 Å². The molecule has 108 valence electrons. The molecule has 8 heteroatoms. The number of nitrogens with one attached hydrogen (secondary N) is 1. The quantitative estimate of drug-likeness (QED) is 0.376. The van der Waals surface area contributed by atoms with E-state index in [-0.39, 0.29) is 6.42 Å². The van der Waals surface area contributed by atoms with Gasteiger partial charge in [0.05, 0.1) is 6.04 Å².